The van der Waals surface area contributed by atoms with Crippen molar-refractivity contribution in [3.8, 4) is 0 Å². The molecule has 0 aromatic heterocycles. The van der Waals surface area contributed by atoms with Crippen LogP contribution < -0.4 is 5.32 Å². The van der Waals surface area contributed by atoms with Gasteiger partial charge in [-0.1, -0.05) is 31.4 Å². The van der Waals surface area contributed by atoms with Crippen molar-refractivity contribution in [3.63, 3.8) is 0 Å². The monoisotopic (exact) mass is 312 g/mol. The highest BCUT2D eigenvalue weighted by Gasteiger charge is 2.31. The Kier molecular flexibility index (Phi) is 9.81. The fourth-order valence-corrected chi connectivity index (χ4v) is 2.18. The topological polar surface area (TPSA) is 41.6 Å². The summed E-state index contributed by atoms with van der Waals surface area (Å²) in [6.07, 6.45) is 5.16. The van der Waals surface area contributed by atoms with Crippen molar-refractivity contribution in [2.75, 3.05) is 19.6 Å². The number of allylic oxidation sites excluding steroid dienone is 2. The van der Waals surface area contributed by atoms with Gasteiger partial charge in [0.15, 0.2) is 0 Å². The normalized spacial score (nSPS) is 23.4. The molecule has 22 heavy (non-hydrogen) atoms. The fourth-order valence-electron chi connectivity index (χ4n) is 2.18. The molecule has 0 aromatic rings. The molecule has 1 aliphatic heterocycles. The van der Waals surface area contributed by atoms with Gasteiger partial charge in [0, 0.05) is 19.1 Å². The molecule has 5 heteroatoms. The Hall–Kier alpha value is -1.30. The number of carbonyl (C=O) groups is 1. The van der Waals surface area contributed by atoms with Crippen LogP contribution in [0.3, 0.4) is 0 Å². The summed E-state index contributed by atoms with van der Waals surface area (Å²) >= 11 is 0. The van der Waals surface area contributed by atoms with Gasteiger partial charge in [-0.25, -0.2) is 4.39 Å². The van der Waals surface area contributed by atoms with E-state index in [1.165, 1.54) is 0 Å². The molecule has 0 aromatic carbocycles. The van der Waals surface area contributed by atoms with Crippen LogP contribution in [0.25, 0.3) is 0 Å². The molecule has 1 aliphatic rings. The smallest absolute Gasteiger partial charge is 0.130 e. The highest BCUT2D eigenvalue weighted by Crippen LogP contribution is 2.19. The molecule has 0 radical (unpaired) electrons. The van der Waals surface area contributed by atoms with E-state index in [2.05, 4.69) is 18.5 Å². The molecular formula is C17H29FN2O2. The second-order valence-electron chi connectivity index (χ2n) is 6.07. The Morgan fingerprint density at radius 1 is 1.41 bits per heavy atom. The minimum atomic E-state index is -0.930. The summed E-state index contributed by atoms with van der Waals surface area (Å²) in [6.45, 7) is 17.0. The first kappa shape index (κ1) is 20.7. The lowest BCUT2D eigenvalue weighted by molar-refractivity contribution is -0.244. The van der Waals surface area contributed by atoms with E-state index in [4.69, 9.17) is 9.63 Å². The number of hydroxylamine groups is 2. The van der Waals surface area contributed by atoms with Gasteiger partial charge in [-0.05, 0) is 32.8 Å². The van der Waals surface area contributed by atoms with Gasteiger partial charge in [-0.15, -0.1) is 0 Å². The highest BCUT2D eigenvalue weighted by atomic mass is 19.1. The van der Waals surface area contributed by atoms with Crippen molar-refractivity contribution in [3.05, 3.63) is 37.0 Å². The Morgan fingerprint density at radius 3 is 2.50 bits per heavy atom. The second kappa shape index (κ2) is 10.4. The standard InChI is InChI=1S/C16H27FN2O.CH2O/c1-6-8-13(7-2)11-18-15-9-10-19(12-14(15)17)20-16(3,4)5;1-2/h6-8,14-15,18H,1-2,9-12H2,3-5H3;1H2/b13-8+;/t14-,15+;/m1./s1. The Balaban J connectivity index is 0.00000211. The zero-order valence-corrected chi connectivity index (χ0v) is 14.0. The quantitative estimate of drug-likeness (QED) is 0.766. The minimum Gasteiger partial charge on any atom is -0.307 e. The van der Waals surface area contributed by atoms with Gasteiger partial charge in [0.05, 0.1) is 12.1 Å². The van der Waals surface area contributed by atoms with Crippen molar-refractivity contribution in [2.45, 2.75) is 45.0 Å². The first-order valence-corrected chi connectivity index (χ1v) is 7.40. The van der Waals surface area contributed by atoms with Crippen LogP contribution in [0.2, 0.25) is 0 Å². The zero-order chi connectivity index (χ0) is 17.2. The van der Waals surface area contributed by atoms with Gasteiger partial charge < -0.3 is 10.1 Å². The first-order chi connectivity index (χ1) is 10.4. The number of alkyl halides is 1. The van der Waals surface area contributed by atoms with Crippen LogP contribution in [-0.2, 0) is 9.63 Å². The average molecular weight is 312 g/mol. The van der Waals surface area contributed by atoms with E-state index in [0.29, 0.717) is 13.1 Å². The number of hydrogen-bond acceptors (Lipinski definition) is 4. The van der Waals surface area contributed by atoms with Crippen molar-refractivity contribution in [1.82, 2.24) is 10.4 Å². The third-order valence-electron chi connectivity index (χ3n) is 3.07. The van der Waals surface area contributed by atoms with Crippen LogP contribution in [0.5, 0.6) is 0 Å². The number of nitrogens with zero attached hydrogens (tertiary/aromatic N) is 1. The zero-order valence-electron chi connectivity index (χ0n) is 14.0. The molecule has 0 saturated carbocycles. The number of nitrogens with one attached hydrogen (secondary N) is 1. The molecule has 126 valence electrons. The van der Waals surface area contributed by atoms with Crippen molar-refractivity contribution < 1.29 is 14.0 Å². The molecule has 0 spiro atoms. The van der Waals surface area contributed by atoms with E-state index in [1.54, 1.807) is 17.2 Å². The largest absolute Gasteiger partial charge is 0.307 e. The number of rotatable bonds is 6. The van der Waals surface area contributed by atoms with Gasteiger partial charge in [0.2, 0.25) is 0 Å². The van der Waals surface area contributed by atoms with Crippen LogP contribution in [-0.4, -0.2) is 49.3 Å². The molecule has 1 N–H and O–H groups in total. The van der Waals surface area contributed by atoms with Crippen molar-refractivity contribution >= 4 is 6.79 Å². The van der Waals surface area contributed by atoms with Crippen LogP contribution in [0.15, 0.2) is 37.0 Å². The summed E-state index contributed by atoms with van der Waals surface area (Å²) in [5.41, 5.74) is 0.739. The lowest BCUT2D eigenvalue weighted by Gasteiger charge is -2.37. The number of halogens is 1. The number of carbonyl (C=O) groups excluding carboxylic acids is 1. The lowest BCUT2D eigenvalue weighted by Crippen LogP contribution is -2.52. The Bertz CT molecular complexity index is 377. The molecule has 0 aliphatic carbocycles. The molecule has 0 bridgehead atoms. The van der Waals surface area contributed by atoms with Gasteiger partial charge >= 0.3 is 0 Å². The molecule has 1 saturated heterocycles. The molecule has 2 atom stereocenters. The molecular weight excluding hydrogens is 283 g/mol. The van der Waals surface area contributed by atoms with Gasteiger partial charge in [0.1, 0.15) is 13.0 Å². The SMILES string of the molecule is C=C/C=C(\C=C)CN[C@H]1CCN(OC(C)(C)C)C[C@H]1F.C=O. The lowest BCUT2D eigenvalue weighted by atomic mass is 10.0. The summed E-state index contributed by atoms with van der Waals surface area (Å²) < 4.78 is 14.2. The third-order valence-corrected chi connectivity index (χ3v) is 3.07. The van der Waals surface area contributed by atoms with E-state index in [-0.39, 0.29) is 11.6 Å². The Labute approximate surface area is 133 Å². The predicted molar refractivity (Wildman–Crippen MR) is 89.3 cm³/mol. The van der Waals surface area contributed by atoms with Crippen LogP contribution in [0.4, 0.5) is 4.39 Å². The van der Waals surface area contributed by atoms with Crippen LogP contribution in [0.1, 0.15) is 27.2 Å². The van der Waals surface area contributed by atoms with Crippen molar-refractivity contribution in [1.29, 1.82) is 0 Å². The minimum absolute atomic E-state index is 0.136. The number of hydrogen-bond donors (Lipinski definition) is 1. The molecule has 1 rings (SSSR count). The predicted octanol–water partition coefficient (Wildman–Crippen LogP) is 2.83. The molecule has 1 heterocycles. The van der Waals surface area contributed by atoms with Crippen LogP contribution in [0, 0.1) is 0 Å². The second-order valence-corrected chi connectivity index (χ2v) is 6.07. The maximum atomic E-state index is 14.2. The van der Waals surface area contributed by atoms with E-state index in [9.17, 15) is 4.39 Å². The highest BCUT2D eigenvalue weighted by molar-refractivity contribution is 5.22. The fraction of sp³-hybridized carbons (Fsp3) is 0.588. The third kappa shape index (κ3) is 8.22. The maximum absolute atomic E-state index is 14.2. The van der Waals surface area contributed by atoms with E-state index < -0.39 is 6.17 Å². The summed E-state index contributed by atoms with van der Waals surface area (Å²) in [5.74, 6) is 0. The summed E-state index contributed by atoms with van der Waals surface area (Å²) in [6, 6.07) is -0.136. The van der Waals surface area contributed by atoms with Gasteiger partial charge in [0.25, 0.3) is 0 Å². The molecule has 1 fully saturated rings. The van der Waals surface area contributed by atoms with E-state index in [0.717, 1.165) is 18.5 Å². The Morgan fingerprint density at radius 2 is 2.05 bits per heavy atom. The van der Waals surface area contributed by atoms with Gasteiger partial charge in [-0.3, -0.25) is 4.84 Å². The summed E-state index contributed by atoms with van der Waals surface area (Å²) in [4.78, 5) is 13.7. The van der Waals surface area contributed by atoms with Crippen LogP contribution >= 0.6 is 0 Å². The average Bonchev–Trinajstić information content (AvgIpc) is 2.45. The first-order valence-electron chi connectivity index (χ1n) is 7.40. The van der Waals surface area contributed by atoms with E-state index >= 15 is 0 Å². The van der Waals surface area contributed by atoms with Crippen molar-refractivity contribution in [2.24, 2.45) is 0 Å². The molecule has 0 amide bonds. The van der Waals surface area contributed by atoms with E-state index in [1.807, 2.05) is 33.6 Å². The van der Waals surface area contributed by atoms with Gasteiger partial charge in [-0.2, -0.15) is 5.06 Å². The summed E-state index contributed by atoms with van der Waals surface area (Å²) in [5, 5.41) is 4.98. The molecule has 0 unspecified atom stereocenters. The summed E-state index contributed by atoms with van der Waals surface area (Å²) in [7, 11) is 0. The molecule has 4 nitrogen and oxygen atoms in total. The number of piperidine rings is 1. The maximum Gasteiger partial charge on any atom is 0.130 e.